The van der Waals surface area contributed by atoms with E-state index in [1.165, 1.54) is 12.0 Å². The third-order valence-electron chi connectivity index (χ3n) is 3.27. The van der Waals surface area contributed by atoms with Crippen LogP contribution in [0.3, 0.4) is 0 Å². The van der Waals surface area contributed by atoms with Crippen molar-refractivity contribution in [1.82, 2.24) is 10.3 Å². The first kappa shape index (κ1) is 9.85. The monoisotopic (exact) mass is 215 g/mol. The second-order valence-electron chi connectivity index (χ2n) is 4.55. The van der Waals surface area contributed by atoms with Crippen LogP contribution in [0.5, 0.6) is 0 Å². The van der Waals surface area contributed by atoms with Crippen molar-refractivity contribution in [3.05, 3.63) is 29.5 Å². The molecule has 3 heteroatoms. The minimum absolute atomic E-state index is 0.700. The second kappa shape index (κ2) is 4.26. The third-order valence-corrected chi connectivity index (χ3v) is 3.27. The van der Waals surface area contributed by atoms with Gasteiger partial charge in [0.1, 0.15) is 5.82 Å². The molecule has 2 aliphatic rings. The summed E-state index contributed by atoms with van der Waals surface area (Å²) in [5.41, 5.74) is 2.42. The van der Waals surface area contributed by atoms with E-state index in [0.29, 0.717) is 5.92 Å². The predicted molar refractivity (Wildman–Crippen MR) is 66.4 cm³/mol. The van der Waals surface area contributed by atoms with Gasteiger partial charge in [0.15, 0.2) is 0 Å². The van der Waals surface area contributed by atoms with E-state index in [1.54, 1.807) is 0 Å². The van der Waals surface area contributed by atoms with Crippen LogP contribution in [-0.4, -0.2) is 24.6 Å². The van der Waals surface area contributed by atoms with Crippen molar-refractivity contribution in [1.29, 1.82) is 0 Å². The highest BCUT2D eigenvalue weighted by Gasteiger charge is 2.13. The lowest BCUT2D eigenvalue weighted by atomic mass is 10.0. The smallest absolute Gasteiger partial charge is 0.129 e. The average molecular weight is 215 g/mol. The van der Waals surface area contributed by atoms with Crippen LogP contribution in [0.2, 0.25) is 0 Å². The molecule has 16 heavy (non-hydrogen) atoms. The Bertz CT molecular complexity index is 408. The lowest BCUT2D eigenvalue weighted by molar-refractivity contribution is 0.420. The molecule has 1 aromatic heterocycles. The maximum Gasteiger partial charge on any atom is 0.129 e. The topological polar surface area (TPSA) is 37.0 Å². The third kappa shape index (κ3) is 1.95. The number of rotatable bonds is 2. The maximum atomic E-state index is 4.63. The zero-order valence-electron chi connectivity index (χ0n) is 9.37. The number of nitrogens with zero attached hydrogens (tertiary/aromatic N) is 1. The Kier molecular flexibility index (Phi) is 2.62. The van der Waals surface area contributed by atoms with Gasteiger partial charge in [0.05, 0.1) is 5.69 Å². The van der Waals surface area contributed by atoms with Crippen molar-refractivity contribution in [2.24, 2.45) is 5.92 Å². The van der Waals surface area contributed by atoms with Crippen LogP contribution in [0, 0.1) is 5.92 Å². The van der Waals surface area contributed by atoms with Gasteiger partial charge < -0.3 is 10.6 Å². The summed E-state index contributed by atoms with van der Waals surface area (Å²) in [7, 11) is 0. The Morgan fingerprint density at radius 2 is 2.25 bits per heavy atom. The Morgan fingerprint density at radius 1 is 1.31 bits per heavy atom. The molecule has 2 N–H and O–H groups in total. The molecule has 0 saturated carbocycles. The molecule has 3 heterocycles. The first-order valence-corrected chi connectivity index (χ1v) is 6.04. The van der Waals surface area contributed by atoms with Crippen molar-refractivity contribution in [2.45, 2.75) is 12.8 Å². The number of hydrogen-bond acceptors (Lipinski definition) is 3. The molecule has 0 spiro atoms. The Hall–Kier alpha value is -1.35. The summed E-state index contributed by atoms with van der Waals surface area (Å²) in [6, 6.07) is 4.32. The molecule has 84 valence electrons. The molecule has 3 rings (SSSR count). The highest BCUT2D eigenvalue weighted by Crippen LogP contribution is 2.20. The van der Waals surface area contributed by atoms with Gasteiger partial charge in [0, 0.05) is 25.6 Å². The van der Waals surface area contributed by atoms with Crippen molar-refractivity contribution in [3.63, 3.8) is 0 Å². The van der Waals surface area contributed by atoms with Crippen molar-refractivity contribution in [3.8, 4) is 0 Å². The second-order valence-corrected chi connectivity index (χ2v) is 4.55. The van der Waals surface area contributed by atoms with Gasteiger partial charge in [-0.3, -0.25) is 0 Å². The average Bonchev–Trinajstić information content (AvgIpc) is 2.27. The molecule has 0 atom stereocenters. The summed E-state index contributed by atoms with van der Waals surface area (Å²) in [4.78, 5) is 4.63. The van der Waals surface area contributed by atoms with Crippen LogP contribution >= 0.6 is 0 Å². The molecule has 0 bridgehead atoms. The summed E-state index contributed by atoms with van der Waals surface area (Å²) >= 11 is 0. The number of hydrogen-bond donors (Lipinski definition) is 2. The Balaban J connectivity index is 1.77. The van der Waals surface area contributed by atoms with Gasteiger partial charge in [0.2, 0.25) is 0 Å². The molecule has 3 nitrogen and oxygen atoms in total. The van der Waals surface area contributed by atoms with E-state index in [2.05, 4.69) is 39.9 Å². The maximum absolute atomic E-state index is 4.63. The molecule has 1 fully saturated rings. The van der Waals surface area contributed by atoms with E-state index < -0.39 is 0 Å². The fraction of sp³-hybridized carbons (Fsp3) is 0.462. The Labute approximate surface area is 96.0 Å². The lowest BCUT2D eigenvalue weighted by Crippen LogP contribution is -2.40. The van der Waals surface area contributed by atoms with E-state index in [9.17, 15) is 0 Å². The highest BCUT2D eigenvalue weighted by atomic mass is 15.0. The van der Waals surface area contributed by atoms with Gasteiger partial charge in [-0.2, -0.15) is 0 Å². The minimum Gasteiger partial charge on any atom is -0.370 e. The van der Waals surface area contributed by atoms with Crippen LogP contribution < -0.4 is 10.6 Å². The number of aryl methyl sites for hydroxylation is 1. The van der Waals surface area contributed by atoms with Crippen molar-refractivity contribution in [2.75, 3.05) is 25.0 Å². The fourth-order valence-electron chi connectivity index (χ4n) is 2.12. The minimum atomic E-state index is 0.700. The molecule has 2 aliphatic heterocycles. The van der Waals surface area contributed by atoms with E-state index >= 15 is 0 Å². The SMILES string of the molecule is C(=C\C1CNC1)/c1ccc2c(n1)NCCC2. The zero-order chi connectivity index (χ0) is 10.8. The number of anilines is 1. The summed E-state index contributed by atoms with van der Waals surface area (Å²) in [5.74, 6) is 1.78. The summed E-state index contributed by atoms with van der Waals surface area (Å²) in [5, 5.41) is 6.62. The van der Waals surface area contributed by atoms with Crippen LogP contribution in [0.15, 0.2) is 18.2 Å². The normalized spacial score (nSPS) is 20.2. The van der Waals surface area contributed by atoms with Gasteiger partial charge in [-0.25, -0.2) is 4.98 Å². The van der Waals surface area contributed by atoms with Gasteiger partial charge in [-0.05, 0) is 30.5 Å². The van der Waals surface area contributed by atoms with E-state index in [4.69, 9.17) is 0 Å². The summed E-state index contributed by atoms with van der Waals surface area (Å²) < 4.78 is 0. The quantitative estimate of drug-likeness (QED) is 0.788. The molecule has 0 radical (unpaired) electrons. The van der Waals surface area contributed by atoms with Crippen molar-refractivity contribution < 1.29 is 0 Å². The molecular formula is C13H17N3. The molecule has 1 aromatic rings. The van der Waals surface area contributed by atoms with Crippen LogP contribution in [0.25, 0.3) is 6.08 Å². The predicted octanol–water partition coefficient (Wildman–Crippen LogP) is 1.67. The van der Waals surface area contributed by atoms with Crippen LogP contribution in [0.1, 0.15) is 17.7 Å². The highest BCUT2D eigenvalue weighted by molar-refractivity contribution is 5.54. The van der Waals surface area contributed by atoms with Gasteiger partial charge in [-0.1, -0.05) is 12.1 Å². The van der Waals surface area contributed by atoms with Crippen LogP contribution in [0.4, 0.5) is 5.82 Å². The molecule has 0 aliphatic carbocycles. The van der Waals surface area contributed by atoms with E-state index in [-0.39, 0.29) is 0 Å². The number of nitrogens with one attached hydrogen (secondary N) is 2. The first-order valence-electron chi connectivity index (χ1n) is 6.04. The number of aromatic nitrogens is 1. The molecule has 0 aromatic carbocycles. The van der Waals surface area contributed by atoms with Crippen molar-refractivity contribution >= 4 is 11.9 Å². The Morgan fingerprint density at radius 3 is 3.06 bits per heavy atom. The van der Waals surface area contributed by atoms with Gasteiger partial charge in [-0.15, -0.1) is 0 Å². The van der Waals surface area contributed by atoms with Gasteiger partial charge in [0.25, 0.3) is 0 Å². The number of fused-ring (bicyclic) bond motifs is 1. The largest absolute Gasteiger partial charge is 0.370 e. The molecular weight excluding hydrogens is 198 g/mol. The standard InChI is InChI=1S/C13H17N3/c1-2-11-4-6-12(16-13(11)15-7-1)5-3-10-8-14-9-10/h3-6,10,14H,1-2,7-9H2,(H,15,16)/b5-3+. The number of pyridine rings is 1. The van der Waals surface area contributed by atoms with Crippen LogP contribution in [-0.2, 0) is 6.42 Å². The van der Waals surface area contributed by atoms with E-state index in [1.807, 2.05) is 0 Å². The molecule has 0 amide bonds. The summed E-state index contributed by atoms with van der Waals surface area (Å²) in [6.07, 6.45) is 6.78. The first-order chi connectivity index (χ1) is 7.92. The summed E-state index contributed by atoms with van der Waals surface area (Å²) in [6.45, 7) is 3.28. The van der Waals surface area contributed by atoms with Gasteiger partial charge >= 0.3 is 0 Å². The molecule has 1 saturated heterocycles. The van der Waals surface area contributed by atoms with E-state index in [0.717, 1.165) is 37.6 Å². The zero-order valence-corrected chi connectivity index (χ0v) is 9.37. The molecule has 0 unspecified atom stereocenters. The lowest BCUT2D eigenvalue weighted by Gasteiger charge is -2.23. The fourth-order valence-corrected chi connectivity index (χ4v) is 2.12.